The van der Waals surface area contributed by atoms with Crippen molar-refractivity contribution in [1.82, 2.24) is 0 Å². The SMILES string of the molecule is O=C(Cc1ccc(Cl)cc1Cl)Nc1ccc(F)cc1. The predicted octanol–water partition coefficient (Wildman–Crippen LogP) is 4.31. The summed E-state index contributed by atoms with van der Waals surface area (Å²) in [6.07, 6.45) is 0.132. The minimum Gasteiger partial charge on any atom is -0.326 e. The van der Waals surface area contributed by atoms with E-state index in [-0.39, 0.29) is 18.1 Å². The third-order valence-electron chi connectivity index (χ3n) is 2.49. The summed E-state index contributed by atoms with van der Waals surface area (Å²) in [5, 5.41) is 3.63. The first-order chi connectivity index (χ1) is 9.04. The average molecular weight is 298 g/mol. The van der Waals surface area contributed by atoms with Crippen LogP contribution in [0.25, 0.3) is 0 Å². The van der Waals surface area contributed by atoms with Gasteiger partial charge in [0.1, 0.15) is 5.82 Å². The number of rotatable bonds is 3. The summed E-state index contributed by atoms with van der Waals surface area (Å²) in [6, 6.07) is 10.5. The van der Waals surface area contributed by atoms with Crippen molar-refractivity contribution in [3.05, 3.63) is 63.9 Å². The highest BCUT2D eigenvalue weighted by Crippen LogP contribution is 2.21. The van der Waals surface area contributed by atoms with Gasteiger partial charge in [0.05, 0.1) is 6.42 Å². The zero-order chi connectivity index (χ0) is 13.8. The molecule has 0 atom stereocenters. The van der Waals surface area contributed by atoms with Gasteiger partial charge in [-0.2, -0.15) is 0 Å². The Labute approximate surface area is 120 Å². The lowest BCUT2D eigenvalue weighted by atomic mass is 10.1. The van der Waals surface area contributed by atoms with Crippen molar-refractivity contribution in [2.24, 2.45) is 0 Å². The number of nitrogens with one attached hydrogen (secondary N) is 1. The van der Waals surface area contributed by atoms with E-state index in [9.17, 15) is 9.18 Å². The minimum atomic E-state index is -0.348. The third-order valence-corrected chi connectivity index (χ3v) is 3.08. The molecule has 0 aliphatic carbocycles. The number of carbonyl (C=O) groups excluding carboxylic acids is 1. The van der Waals surface area contributed by atoms with Crippen molar-refractivity contribution in [1.29, 1.82) is 0 Å². The molecule has 0 heterocycles. The first-order valence-corrected chi connectivity index (χ1v) is 6.29. The molecule has 2 aromatic rings. The Kier molecular flexibility index (Phi) is 4.40. The molecule has 0 bridgehead atoms. The summed E-state index contributed by atoms with van der Waals surface area (Å²) < 4.78 is 12.7. The summed E-state index contributed by atoms with van der Waals surface area (Å²) in [5.74, 6) is -0.574. The molecule has 0 aliphatic heterocycles. The first kappa shape index (κ1) is 13.8. The van der Waals surface area contributed by atoms with Crippen LogP contribution in [0.3, 0.4) is 0 Å². The molecule has 0 saturated carbocycles. The molecule has 5 heteroatoms. The maximum absolute atomic E-state index is 12.7. The Morgan fingerprint density at radius 1 is 1.11 bits per heavy atom. The highest BCUT2D eigenvalue weighted by molar-refractivity contribution is 6.35. The Morgan fingerprint density at radius 3 is 2.42 bits per heavy atom. The van der Waals surface area contributed by atoms with Crippen LogP contribution in [0, 0.1) is 5.82 Å². The molecule has 98 valence electrons. The molecule has 0 aromatic heterocycles. The molecule has 2 rings (SSSR count). The quantitative estimate of drug-likeness (QED) is 0.898. The van der Waals surface area contributed by atoms with Gasteiger partial charge in [-0.1, -0.05) is 29.3 Å². The summed E-state index contributed by atoms with van der Waals surface area (Å²) in [5.41, 5.74) is 1.22. The van der Waals surface area contributed by atoms with Crippen LogP contribution in [0.4, 0.5) is 10.1 Å². The van der Waals surface area contributed by atoms with Gasteiger partial charge in [0, 0.05) is 15.7 Å². The molecule has 1 amide bonds. The molecule has 1 N–H and O–H groups in total. The van der Waals surface area contributed by atoms with Crippen molar-refractivity contribution in [3.63, 3.8) is 0 Å². The molecule has 0 saturated heterocycles. The van der Waals surface area contributed by atoms with Gasteiger partial charge in [-0.15, -0.1) is 0 Å². The van der Waals surface area contributed by atoms with Gasteiger partial charge in [0.15, 0.2) is 0 Å². The van der Waals surface area contributed by atoms with Crippen molar-refractivity contribution in [3.8, 4) is 0 Å². The van der Waals surface area contributed by atoms with Crippen molar-refractivity contribution in [2.75, 3.05) is 5.32 Å². The largest absolute Gasteiger partial charge is 0.326 e. The van der Waals surface area contributed by atoms with Crippen LogP contribution < -0.4 is 5.32 Å². The smallest absolute Gasteiger partial charge is 0.228 e. The Balaban J connectivity index is 2.03. The molecule has 2 aromatic carbocycles. The topological polar surface area (TPSA) is 29.1 Å². The number of benzene rings is 2. The van der Waals surface area contributed by atoms with E-state index >= 15 is 0 Å². The third kappa shape index (κ3) is 3.94. The van der Waals surface area contributed by atoms with Crippen LogP contribution in [0.1, 0.15) is 5.56 Å². The molecule has 0 aliphatic rings. The molecule has 0 fully saturated rings. The standard InChI is InChI=1S/C14H10Cl2FNO/c15-10-2-1-9(13(16)8-10)7-14(19)18-12-5-3-11(17)4-6-12/h1-6,8H,7H2,(H,18,19). The van der Waals surface area contributed by atoms with Crippen LogP contribution in [0.2, 0.25) is 10.0 Å². The van der Waals surface area contributed by atoms with Crippen LogP contribution in [-0.4, -0.2) is 5.91 Å². The van der Waals surface area contributed by atoms with Crippen LogP contribution in [0.15, 0.2) is 42.5 Å². The second-order valence-corrected chi connectivity index (χ2v) is 4.81. The second-order valence-electron chi connectivity index (χ2n) is 3.97. The fraction of sp³-hybridized carbons (Fsp3) is 0.0714. The van der Waals surface area contributed by atoms with E-state index in [4.69, 9.17) is 23.2 Å². The van der Waals surface area contributed by atoms with Gasteiger partial charge in [-0.05, 0) is 42.0 Å². The van der Waals surface area contributed by atoms with E-state index in [1.54, 1.807) is 18.2 Å². The van der Waals surface area contributed by atoms with Gasteiger partial charge < -0.3 is 5.32 Å². The number of hydrogen-bond acceptors (Lipinski definition) is 1. The maximum Gasteiger partial charge on any atom is 0.228 e. The second kappa shape index (κ2) is 6.04. The summed E-state index contributed by atoms with van der Waals surface area (Å²) in [7, 11) is 0. The number of anilines is 1. The van der Waals surface area contributed by atoms with Gasteiger partial charge in [0.25, 0.3) is 0 Å². The normalized spacial score (nSPS) is 10.3. The first-order valence-electron chi connectivity index (χ1n) is 5.54. The van der Waals surface area contributed by atoms with Crippen molar-refractivity contribution >= 4 is 34.8 Å². The van der Waals surface area contributed by atoms with E-state index in [0.29, 0.717) is 21.3 Å². The lowest BCUT2D eigenvalue weighted by Gasteiger charge is -2.07. The Hall–Kier alpha value is -1.58. The van der Waals surface area contributed by atoms with Crippen LogP contribution >= 0.6 is 23.2 Å². The predicted molar refractivity (Wildman–Crippen MR) is 75.2 cm³/mol. The average Bonchev–Trinajstić information content (AvgIpc) is 2.36. The van der Waals surface area contributed by atoms with Crippen LogP contribution in [-0.2, 0) is 11.2 Å². The van der Waals surface area contributed by atoms with Gasteiger partial charge >= 0.3 is 0 Å². The van der Waals surface area contributed by atoms with E-state index in [0.717, 1.165) is 0 Å². The van der Waals surface area contributed by atoms with Gasteiger partial charge in [0.2, 0.25) is 5.91 Å². The monoisotopic (exact) mass is 297 g/mol. The van der Waals surface area contributed by atoms with E-state index in [2.05, 4.69) is 5.32 Å². The fourth-order valence-electron chi connectivity index (χ4n) is 1.58. The van der Waals surface area contributed by atoms with E-state index < -0.39 is 0 Å². The number of hydrogen-bond donors (Lipinski definition) is 1. The molecule has 0 unspecified atom stereocenters. The lowest BCUT2D eigenvalue weighted by molar-refractivity contribution is -0.115. The summed E-state index contributed by atoms with van der Waals surface area (Å²) >= 11 is 11.8. The molecular formula is C14H10Cl2FNO. The van der Waals surface area contributed by atoms with Crippen molar-refractivity contribution < 1.29 is 9.18 Å². The molecule has 0 spiro atoms. The summed E-state index contributed by atoms with van der Waals surface area (Å²) in [6.45, 7) is 0. The minimum absolute atomic E-state index is 0.132. The zero-order valence-electron chi connectivity index (χ0n) is 9.79. The fourth-order valence-corrected chi connectivity index (χ4v) is 2.05. The Morgan fingerprint density at radius 2 is 1.79 bits per heavy atom. The zero-order valence-corrected chi connectivity index (χ0v) is 11.3. The van der Waals surface area contributed by atoms with E-state index in [1.165, 1.54) is 24.3 Å². The number of carbonyl (C=O) groups is 1. The number of halogens is 3. The van der Waals surface area contributed by atoms with Gasteiger partial charge in [-0.25, -0.2) is 4.39 Å². The lowest BCUT2D eigenvalue weighted by Crippen LogP contribution is -2.14. The molecule has 19 heavy (non-hydrogen) atoms. The molecule has 0 radical (unpaired) electrons. The van der Waals surface area contributed by atoms with Crippen molar-refractivity contribution in [2.45, 2.75) is 6.42 Å². The molecule has 2 nitrogen and oxygen atoms in total. The maximum atomic E-state index is 12.7. The van der Waals surface area contributed by atoms with Gasteiger partial charge in [-0.3, -0.25) is 4.79 Å². The Bertz CT molecular complexity index is 599. The summed E-state index contributed by atoms with van der Waals surface area (Å²) in [4.78, 5) is 11.8. The van der Waals surface area contributed by atoms with Crippen LogP contribution in [0.5, 0.6) is 0 Å². The molecular weight excluding hydrogens is 288 g/mol. The van der Waals surface area contributed by atoms with E-state index in [1.807, 2.05) is 0 Å². The highest BCUT2D eigenvalue weighted by Gasteiger charge is 2.08. The highest BCUT2D eigenvalue weighted by atomic mass is 35.5. The number of amides is 1.